The van der Waals surface area contributed by atoms with Gasteiger partial charge in [-0.15, -0.1) is 5.11 Å². The number of rotatable bonds is 3. The maximum absolute atomic E-state index is 12.6. The molecule has 0 aliphatic rings. The Bertz CT molecular complexity index is 934. The maximum atomic E-state index is 12.6. The smallest absolute Gasteiger partial charge is 0.350 e. The summed E-state index contributed by atoms with van der Waals surface area (Å²) in [5.41, 5.74) is 4.53. The van der Waals surface area contributed by atoms with Crippen LogP contribution in [0.5, 0.6) is 0 Å². The third-order valence-electron chi connectivity index (χ3n) is 4.43. The van der Waals surface area contributed by atoms with Crippen molar-refractivity contribution in [1.29, 1.82) is 0 Å². The SMILES string of the molecule is Cc1cc(N=Nc2ccc(-c3ccc(C(F)(F)F)cc3)cc2)c(C)n1C. The second kappa shape index (κ2) is 6.78. The van der Waals surface area contributed by atoms with Crippen LogP contribution >= 0.6 is 0 Å². The van der Waals surface area contributed by atoms with Gasteiger partial charge < -0.3 is 4.57 Å². The van der Waals surface area contributed by atoms with Crippen LogP contribution in [0.1, 0.15) is 17.0 Å². The first-order chi connectivity index (χ1) is 12.3. The molecule has 0 saturated carbocycles. The first-order valence-corrected chi connectivity index (χ1v) is 8.08. The Morgan fingerprint density at radius 2 is 1.35 bits per heavy atom. The Hall–Kier alpha value is -2.89. The average Bonchev–Trinajstić information content (AvgIpc) is 2.87. The van der Waals surface area contributed by atoms with Crippen LogP contribution in [0.4, 0.5) is 24.5 Å². The molecule has 26 heavy (non-hydrogen) atoms. The molecule has 134 valence electrons. The molecule has 3 aromatic rings. The average molecular weight is 357 g/mol. The number of alkyl halides is 3. The predicted octanol–water partition coefficient (Wildman–Crippen LogP) is 6.74. The monoisotopic (exact) mass is 357 g/mol. The molecule has 1 aromatic heterocycles. The van der Waals surface area contributed by atoms with Crippen molar-refractivity contribution >= 4 is 11.4 Å². The van der Waals surface area contributed by atoms with Gasteiger partial charge in [0.25, 0.3) is 0 Å². The molecule has 0 amide bonds. The molecule has 3 nitrogen and oxygen atoms in total. The van der Waals surface area contributed by atoms with Crippen molar-refractivity contribution in [3.05, 3.63) is 71.5 Å². The lowest BCUT2D eigenvalue weighted by Crippen LogP contribution is -2.03. The van der Waals surface area contributed by atoms with E-state index in [1.807, 2.05) is 43.7 Å². The minimum absolute atomic E-state index is 0.653. The number of benzene rings is 2. The Morgan fingerprint density at radius 1 is 0.808 bits per heavy atom. The third kappa shape index (κ3) is 3.69. The molecule has 2 aromatic carbocycles. The van der Waals surface area contributed by atoms with E-state index >= 15 is 0 Å². The van der Waals surface area contributed by atoms with Crippen LogP contribution in [-0.2, 0) is 13.2 Å². The number of aromatic nitrogens is 1. The number of azo groups is 1. The molecule has 0 aliphatic carbocycles. The number of nitrogens with zero attached hydrogens (tertiary/aromatic N) is 3. The molecule has 0 aliphatic heterocycles. The molecule has 0 bridgehead atoms. The van der Waals surface area contributed by atoms with Crippen LogP contribution in [0, 0.1) is 13.8 Å². The van der Waals surface area contributed by atoms with Crippen LogP contribution in [-0.4, -0.2) is 4.57 Å². The second-order valence-corrected chi connectivity index (χ2v) is 6.14. The molecule has 0 radical (unpaired) electrons. The van der Waals surface area contributed by atoms with E-state index in [2.05, 4.69) is 10.2 Å². The Labute approximate surface area is 149 Å². The summed E-state index contributed by atoms with van der Waals surface area (Å²) in [6.45, 7) is 3.99. The van der Waals surface area contributed by atoms with E-state index in [0.717, 1.165) is 40.3 Å². The van der Waals surface area contributed by atoms with Gasteiger partial charge in [-0.3, -0.25) is 0 Å². The van der Waals surface area contributed by atoms with Crippen molar-refractivity contribution in [2.24, 2.45) is 17.3 Å². The Balaban J connectivity index is 1.78. The molecule has 0 saturated heterocycles. The molecule has 1 heterocycles. The fourth-order valence-corrected chi connectivity index (χ4v) is 2.62. The molecule has 0 spiro atoms. The zero-order valence-electron chi connectivity index (χ0n) is 14.7. The summed E-state index contributed by atoms with van der Waals surface area (Å²) in [6, 6.07) is 14.3. The highest BCUT2D eigenvalue weighted by molar-refractivity contribution is 5.65. The minimum Gasteiger partial charge on any atom is -0.350 e. The summed E-state index contributed by atoms with van der Waals surface area (Å²) < 4.78 is 39.9. The normalized spacial score (nSPS) is 12.1. The molecule has 0 unspecified atom stereocenters. The highest BCUT2D eigenvalue weighted by Gasteiger charge is 2.29. The van der Waals surface area contributed by atoms with E-state index < -0.39 is 11.7 Å². The van der Waals surface area contributed by atoms with Crippen LogP contribution in [0.3, 0.4) is 0 Å². The summed E-state index contributed by atoms with van der Waals surface area (Å²) in [4.78, 5) is 0. The lowest BCUT2D eigenvalue weighted by molar-refractivity contribution is -0.137. The molecular weight excluding hydrogens is 339 g/mol. The number of hydrogen-bond acceptors (Lipinski definition) is 2. The zero-order chi connectivity index (χ0) is 18.9. The van der Waals surface area contributed by atoms with E-state index in [9.17, 15) is 13.2 Å². The zero-order valence-corrected chi connectivity index (χ0v) is 14.7. The second-order valence-electron chi connectivity index (χ2n) is 6.14. The van der Waals surface area contributed by atoms with Gasteiger partial charge >= 0.3 is 6.18 Å². The molecule has 6 heteroatoms. The van der Waals surface area contributed by atoms with Crippen LogP contribution in [0.2, 0.25) is 0 Å². The van der Waals surface area contributed by atoms with Gasteiger partial charge in [-0.25, -0.2) is 0 Å². The van der Waals surface area contributed by atoms with Crippen LogP contribution in [0.25, 0.3) is 11.1 Å². The fourth-order valence-electron chi connectivity index (χ4n) is 2.62. The van der Waals surface area contributed by atoms with Gasteiger partial charge in [-0.2, -0.15) is 18.3 Å². The summed E-state index contributed by atoms with van der Waals surface area (Å²) in [7, 11) is 1.97. The summed E-state index contributed by atoms with van der Waals surface area (Å²) in [5, 5.41) is 8.51. The van der Waals surface area contributed by atoms with E-state index in [0.29, 0.717) is 5.69 Å². The molecule has 0 fully saturated rings. The van der Waals surface area contributed by atoms with Crippen molar-refractivity contribution in [2.45, 2.75) is 20.0 Å². The van der Waals surface area contributed by atoms with Gasteiger partial charge in [-0.1, -0.05) is 24.3 Å². The maximum Gasteiger partial charge on any atom is 0.416 e. The number of aryl methyl sites for hydroxylation is 1. The standard InChI is InChI=1S/C20H18F3N3/c1-13-12-19(14(2)26(13)3)25-24-18-10-6-16(7-11-18)15-4-8-17(9-5-15)20(21,22)23/h4-12H,1-3H3. The quantitative estimate of drug-likeness (QED) is 0.465. The van der Waals surface area contributed by atoms with Crippen molar-refractivity contribution in [2.75, 3.05) is 0 Å². The fraction of sp³-hybridized carbons (Fsp3) is 0.200. The van der Waals surface area contributed by atoms with Gasteiger partial charge in [0.2, 0.25) is 0 Å². The van der Waals surface area contributed by atoms with Gasteiger partial charge in [0, 0.05) is 18.4 Å². The Kier molecular flexibility index (Phi) is 4.68. The highest BCUT2D eigenvalue weighted by Crippen LogP contribution is 2.31. The lowest BCUT2D eigenvalue weighted by Gasteiger charge is -2.07. The first-order valence-electron chi connectivity index (χ1n) is 8.08. The predicted molar refractivity (Wildman–Crippen MR) is 95.9 cm³/mol. The number of hydrogen-bond donors (Lipinski definition) is 0. The molecule has 0 N–H and O–H groups in total. The first kappa shape index (κ1) is 17.9. The molecule has 0 atom stereocenters. The Morgan fingerprint density at radius 3 is 1.81 bits per heavy atom. The van der Waals surface area contributed by atoms with E-state index in [-0.39, 0.29) is 0 Å². The van der Waals surface area contributed by atoms with E-state index in [4.69, 9.17) is 0 Å². The molecule has 3 rings (SSSR count). The summed E-state index contributed by atoms with van der Waals surface area (Å²) >= 11 is 0. The van der Waals surface area contributed by atoms with Crippen molar-refractivity contribution in [1.82, 2.24) is 4.57 Å². The largest absolute Gasteiger partial charge is 0.416 e. The topological polar surface area (TPSA) is 29.6 Å². The molecular formula is C20H18F3N3. The van der Waals surface area contributed by atoms with Gasteiger partial charge in [0.05, 0.1) is 11.3 Å². The third-order valence-corrected chi connectivity index (χ3v) is 4.43. The van der Waals surface area contributed by atoms with Crippen molar-refractivity contribution in [3.63, 3.8) is 0 Å². The van der Waals surface area contributed by atoms with E-state index in [1.54, 1.807) is 12.1 Å². The minimum atomic E-state index is -4.32. The van der Waals surface area contributed by atoms with Crippen molar-refractivity contribution in [3.8, 4) is 11.1 Å². The highest BCUT2D eigenvalue weighted by atomic mass is 19.4. The van der Waals surface area contributed by atoms with Gasteiger partial charge in [0.1, 0.15) is 5.69 Å². The van der Waals surface area contributed by atoms with E-state index in [1.165, 1.54) is 12.1 Å². The van der Waals surface area contributed by atoms with Gasteiger partial charge in [0.15, 0.2) is 0 Å². The van der Waals surface area contributed by atoms with Gasteiger partial charge in [-0.05, 0) is 55.3 Å². The number of halogens is 3. The van der Waals surface area contributed by atoms with Crippen LogP contribution in [0.15, 0.2) is 64.8 Å². The van der Waals surface area contributed by atoms with Crippen molar-refractivity contribution < 1.29 is 13.2 Å². The lowest BCUT2D eigenvalue weighted by atomic mass is 10.0. The summed E-state index contributed by atoms with van der Waals surface area (Å²) in [5.74, 6) is 0. The van der Waals surface area contributed by atoms with Crippen LogP contribution < -0.4 is 0 Å². The summed E-state index contributed by atoms with van der Waals surface area (Å²) in [6.07, 6.45) is -4.32.